The lowest BCUT2D eigenvalue weighted by Crippen LogP contribution is -2.42. The standard InChI is InChI=1S/C27H31BrN2O5S/c1-6-24(20-9-13-25(34-4)19(3)15-20)29-27(31)17-30(21-10-7-18(2)8-11-21)36(32,33)22-12-14-26(35-5)23(28)16-22/h7-16,24H,6,17H2,1-5H3,(H,29,31)/t24-/m0/s1. The molecule has 3 aromatic rings. The highest BCUT2D eigenvalue weighted by molar-refractivity contribution is 9.10. The van der Waals surface area contributed by atoms with Crippen LogP contribution in [0.15, 0.2) is 70.0 Å². The van der Waals surface area contributed by atoms with Crippen molar-refractivity contribution in [1.82, 2.24) is 5.32 Å². The Balaban J connectivity index is 1.93. The molecular formula is C27H31BrN2O5S. The van der Waals surface area contributed by atoms with Crippen LogP contribution in [0.3, 0.4) is 0 Å². The number of ether oxygens (including phenoxy) is 2. The zero-order chi connectivity index (χ0) is 26.5. The maximum absolute atomic E-state index is 13.7. The lowest BCUT2D eigenvalue weighted by atomic mass is 10.0. The van der Waals surface area contributed by atoms with Gasteiger partial charge in [-0.05, 0) is 83.7 Å². The van der Waals surface area contributed by atoms with Gasteiger partial charge in [-0.2, -0.15) is 0 Å². The molecule has 3 rings (SSSR count). The molecule has 0 bridgehead atoms. The van der Waals surface area contributed by atoms with E-state index in [9.17, 15) is 13.2 Å². The van der Waals surface area contributed by atoms with Crippen LogP contribution >= 0.6 is 15.9 Å². The Kier molecular flexibility index (Phi) is 9.03. The van der Waals surface area contributed by atoms with Crippen LogP contribution in [0.25, 0.3) is 0 Å². The fraction of sp³-hybridized carbons (Fsp3) is 0.296. The minimum absolute atomic E-state index is 0.0429. The second kappa shape index (κ2) is 11.8. The molecule has 0 fully saturated rings. The number of carbonyl (C=O) groups is 1. The number of hydrogen-bond acceptors (Lipinski definition) is 5. The molecule has 0 aliphatic carbocycles. The zero-order valence-corrected chi connectivity index (χ0v) is 23.4. The topological polar surface area (TPSA) is 84.9 Å². The van der Waals surface area contributed by atoms with E-state index in [0.29, 0.717) is 22.3 Å². The molecule has 0 aliphatic heterocycles. The first kappa shape index (κ1) is 27.5. The van der Waals surface area contributed by atoms with Gasteiger partial charge in [0.15, 0.2) is 0 Å². The number of nitrogens with zero attached hydrogens (tertiary/aromatic N) is 1. The van der Waals surface area contributed by atoms with Crippen molar-refractivity contribution in [1.29, 1.82) is 0 Å². The fourth-order valence-corrected chi connectivity index (χ4v) is 6.01. The van der Waals surface area contributed by atoms with Gasteiger partial charge in [0, 0.05) is 0 Å². The number of sulfonamides is 1. The van der Waals surface area contributed by atoms with Gasteiger partial charge in [-0.25, -0.2) is 8.42 Å². The van der Waals surface area contributed by atoms with E-state index in [0.717, 1.165) is 26.7 Å². The van der Waals surface area contributed by atoms with Crippen LogP contribution in [-0.2, 0) is 14.8 Å². The third-order valence-corrected chi connectivity index (χ3v) is 8.27. The van der Waals surface area contributed by atoms with E-state index in [4.69, 9.17) is 9.47 Å². The van der Waals surface area contributed by atoms with Gasteiger partial charge in [0.05, 0.1) is 35.3 Å². The Morgan fingerprint density at radius 3 is 2.17 bits per heavy atom. The Labute approximate surface area is 221 Å². The molecular weight excluding hydrogens is 544 g/mol. The van der Waals surface area contributed by atoms with Gasteiger partial charge in [-0.15, -0.1) is 0 Å². The maximum Gasteiger partial charge on any atom is 0.264 e. The quantitative estimate of drug-likeness (QED) is 0.343. The molecule has 0 aliphatic rings. The predicted molar refractivity (Wildman–Crippen MR) is 145 cm³/mol. The Bertz CT molecular complexity index is 1330. The van der Waals surface area contributed by atoms with Crippen LogP contribution < -0.4 is 19.1 Å². The summed E-state index contributed by atoms with van der Waals surface area (Å²) >= 11 is 3.35. The smallest absolute Gasteiger partial charge is 0.264 e. The molecule has 1 N–H and O–H groups in total. The minimum Gasteiger partial charge on any atom is -0.496 e. The van der Waals surface area contributed by atoms with Crippen LogP contribution in [-0.4, -0.2) is 35.1 Å². The summed E-state index contributed by atoms with van der Waals surface area (Å²) in [6, 6.07) is 17.0. The predicted octanol–water partition coefficient (Wildman–Crippen LogP) is 5.55. The molecule has 0 heterocycles. The van der Waals surface area contributed by atoms with Crippen LogP contribution in [0.2, 0.25) is 0 Å². The number of benzene rings is 3. The van der Waals surface area contributed by atoms with Gasteiger partial charge in [-0.3, -0.25) is 9.10 Å². The number of hydrogen-bond donors (Lipinski definition) is 1. The molecule has 36 heavy (non-hydrogen) atoms. The molecule has 9 heteroatoms. The number of nitrogens with one attached hydrogen (secondary N) is 1. The van der Waals surface area contributed by atoms with Crippen molar-refractivity contribution in [3.05, 3.63) is 81.8 Å². The summed E-state index contributed by atoms with van der Waals surface area (Å²) in [7, 11) is -0.943. The summed E-state index contributed by atoms with van der Waals surface area (Å²) in [5.74, 6) is 0.864. The van der Waals surface area contributed by atoms with Gasteiger partial charge in [0.1, 0.15) is 18.0 Å². The molecule has 3 aromatic carbocycles. The number of halogens is 1. The van der Waals surface area contributed by atoms with Crippen LogP contribution in [0, 0.1) is 13.8 Å². The van der Waals surface area contributed by atoms with E-state index in [1.807, 2.05) is 51.1 Å². The van der Waals surface area contributed by atoms with Crippen LogP contribution in [0.1, 0.15) is 36.1 Å². The summed E-state index contributed by atoms with van der Waals surface area (Å²) in [6.45, 7) is 5.45. The normalized spacial score (nSPS) is 12.1. The summed E-state index contributed by atoms with van der Waals surface area (Å²) in [5.41, 5.74) is 3.26. The van der Waals surface area contributed by atoms with Crippen molar-refractivity contribution < 1.29 is 22.7 Å². The number of methoxy groups -OCH3 is 2. The average Bonchev–Trinajstić information content (AvgIpc) is 2.86. The maximum atomic E-state index is 13.7. The second-order valence-electron chi connectivity index (χ2n) is 8.40. The first-order chi connectivity index (χ1) is 17.1. The molecule has 7 nitrogen and oxygen atoms in total. The van der Waals surface area contributed by atoms with Gasteiger partial charge in [-0.1, -0.05) is 36.8 Å². The SMILES string of the molecule is CC[C@H](NC(=O)CN(c1ccc(C)cc1)S(=O)(=O)c1ccc(OC)c(Br)c1)c1ccc(OC)c(C)c1. The summed E-state index contributed by atoms with van der Waals surface area (Å²) < 4.78 is 39.6. The van der Waals surface area contributed by atoms with E-state index in [2.05, 4.69) is 21.2 Å². The van der Waals surface area contributed by atoms with Crippen molar-refractivity contribution in [2.75, 3.05) is 25.1 Å². The first-order valence-corrected chi connectivity index (χ1v) is 13.7. The van der Waals surface area contributed by atoms with Crippen molar-refractivity contribution in [2.45, 2.75) is 38.1 Å². The Morgan fingerprint density at radius 2 is 1.61 bits per heavy atom. The zero-order valence-electron chi connectivity index (χ0n) is 21.0. The second-order valence-corrected chi connectivity index (χ2v) is 11.1. The van der Waals surface area contributed by atoms with E-state index >= 15 is 0 Å². The molecule has 0 saturated heterocycles. The summed E-state index contributed by atoms with van der Waals surface area (Å²) in [6.07, 6.45) is 0.639. The highest BCUT2D eigenvalue weighted by Gasteiger charge is 2.28. The molecule has 0 radical (unpaired) electrons. The highest BCUT2D eigenvalue weighted by Crippen LogP contribution is 2.31. The molecule has 1 amide bonds. The lowest BCUT2D eigenvalue weighted by molar-refractivity contribution is -0.120. The third-order valence-electron chi connectivity index (χ3n) is 5.89. The molecule has 0 spiro atoms. The summed E-state index contributed by atoms with van der Waals surface area (Å²) in [4.78, 5) is 13.3. The van der Waals surface area contributed by atoms with Crippen LogP contribution in [0.5, 0.6) is 11.5 Å². The first-order valence-electron chi connectivity index (χ1n) is 11.5. The van der Waals surface area contributed by atoms with Crippen molar-refractivity contribution in [2.24, 2.45) is 0 Å². The Morgan fingerprint density at radius 1 is 0.972 bits per heavy atom. The molecule has 192 valence electrons. The largest absolute Gasteiger partial charge is 0.496 e. The van der Waals surface area contributed by atoms with Crippen molar-refractivity contribution in [3.63, 3.8) is 0 Å². The van der Waals surface area contributed by atoms with Gasteiger partial charge >= 0.3 is 0 Å². The number of amides is 1. The number of rotatable bonds is 10. The molecule has 0 aromatic heterocycles. The van der Waals surface area contributed by atoms with Gasteiger partial charge in [0.25, 0.3) is 10.0 Å². The van der Waals surface area contributed by atoms with E-state index < -0.39 is 15.9 Å². The summed E-state index contributed by atoms with van der Waals surface area (Å²) in [5, 5.41) is 3.00. The fourth-order valence-electron chi connectivity index (χ4n) is 3.87. The molecule has 0 saturated carbocycles. The van der Waals surface area contributed by atoms with Crippen molar-refractivity contribution in [3.8, 4) is 11.5 Å². The monoisotopic (exact) mass is 574 g/mol. The number of anilines is 1. The molecule has 1 atom stereocenters. The number of aryl methyl sites for hydroxylation is 2. The van der Waals surface area contributed by atoms with E-state index in [1.54, 1.807) is 25.3 Å². The minimum atomic E-state index is -4.06. The third kappa shape index (κ3) is 6.20. The van der Waals surface area contributed by atoms with Gasteiger partial charge in [0.2, 0.25) is 5.91 Å². The van der Waals surface area contributed by atoms with E-state index in [-0.39, 0.29) is 17.5 Å². The average molecular weight is 576 g/mol. The molecule has 0 unspecified atom stereocenters. The van der Waals surface area contributed by atoms with Crippen LogP contribution in [0.4, 0.5) is 5.69 Å². The number of carbonyl (C=O) groups excluding carboxylic acids is 1. The van der Waals surface area contributed by atoms with Gasteiger partial charge < -0.3 is 14.8 Å². The van der Waals surface area contributed by atoms with E-state index in [1.165, 1.54) is 19.2 Å². The van der Waals surface area contributed by atoms with Crippen molar-refractivity contribution >= 4 is 37.5 Å². The Hall–Kier alpha value is -3.04. The highest BCUT2D eigenvalue weighted by atomic mass is 79.9. The lowest BCUT2D eigenvalue weighted by Gasteiger charge is -2.26.